The van der Waals surface area contributed by atoms with Gasteiger partial charge in [-0.2, -0.15) is 0 Å². The molecule has 0 aliphatic carbocycles. The zero-order chi connectivity index (χ0) is 12.6. The lowest BCUT2D eigenvalue weighted by molar-refractivity contribution is 0.0775. The molecule has 0 bridgehead atoms. The summed E-state index contributed by atoms with van der Waals surface area (Å²) in [6, 6.07) is 7.68. The van der Waals surface area contributed by atoms with Gasteiger partial charge in [0.2, 0.25) is 0 Å². The Balaban J connectivity index is 0.00000133. The summed E-state index contributed by atoms with van der Waals surface area (Å²) in [5, 5.41) is 3.42. The summed E-state index contributed by atoms with van der Waals surface area (Å²) in [4.78, 5) is 14.5. The normalized spacial score (nSPS) is 25.6. The first-order chi connectivity index (χ1) is 8.70. The van der Waals surface area contributed by atoms with Crippen molar-refractivity contribution in [1.29, 1.82) is 0 Å². The molecule has 1 unspecified atom stereocenters. The molecular formula is C14H18BrClN2O. The molecule has 2 aliphatic heterocycles. The fourth-order valence-electron chi connectivity index (χ4n) is 3.06. The van der Waals surface area contributed by atoms with E-state index in [2.05, 4.69) is 21.2 Å². The predicted octanol–water partition coefficient (Wildman–Crippen LogP) is 2.70. The average molecular weight is 346 g/mol. The van der Waals surface area contributed by atoms with Crippen LogP contribution in [-0.4, -0.2) is 37.0 Å². The standard InChI is InChI=1S/C14H17BrN2O.ClH/c15-12-4-2-1-3-11(12)13(18)17-8-6-14(10-17)5-7-16-9-14;/h1-4,16H,5-10H2;1H. The molecule has 0 aromatic heterocycles. The Morgan fingerprint density at radius 2 is 2.11 bits per heavy atom. The maximum Gasteiger partial charge on any atom is 0.255 e. The van der Waals surface area contributed by atoms with Gasteiger partial charge in [-0.05, 0) is 47.4 Å². The molecule has 1 N–H and O–H groups in total. The number of rotatable bonds is 1. The summed E-state index contributed by atoms with van der Waals surface area (Å²) in [5.74, 6) is 0.159. The highest BCUT2D eigenvalue weighted by Gasteiger charge is 2.42. The van der Waals surface area contributed by atoms with Gasteiger partial charge < -0.3 is 10.2 Å². The molecule has 1 amide bonds. The fourth-order valence-corrected chi connectivity index (χ4v) is 3.51. The SMILES string of the molecule is Cl.O=C(c1ccccc1Br)N1CCC2(CCNC2)C1. The maximum absolute atomic E-state index is 12.5. The number of nitrogens with zero attached hydrogens (tertiary/aromatic N) is 1. The van der Waals surface area contributed by atoms with Crippen LogP contribution in [0.1, 0.15) is 23.2 Å². The quantitative estimate of drug-likeness (QED) is 0.849. The van der Waals surface area contributed by atoms with E-state index in [1.165, 1.54) is 6.42 Å². The molecule has 1 spiro atoms. The second kappa shape index (κ2) is 5.81. The van der Waals surface area contributed by atoms with Gasteiger partial charge in [0.15, 0.2) is 0 Å². The molecule has 104 valence electrons. The van der Waals surface area contributed by atoms with Gasteiger partial charge >= 0.3 is 0 Å². The van der Waals surface area contributed by atoms with Crippen LogP contribution in [0.4, 0.5) is 0 Å². The van der Waals surface area contributed by atoms with E-state index in [4.69, 9.17) is 0 Å². The number of nitrogens with one attached hydrogen (secondary N) is 1. The molecule has 2 fully saturated rings. The predicted molar refractivity (Wildman–Crippen MR) is 81.8 cm³/mol. The summed E-state index contributed by atoms with van der Waals surface area (Å²) in [5.41, 5.74) is 1.12. The third kappa shape index (κ3) is 2.81. The Bertz CT molecular complexity index is 474. The first kappa shape index (κ1) is 14.8. The summed E-state index contributed by atoms with van der Waals surface area (Å²) in [7, 11) is 0. The van der Waals surface area contributed by atoms with Crippen LogP contribution in [0, 0.1) is 5.41 Å². The van der Waals surface area contributed by atoms with E-state index in [1.807, 2.05) is 29.2 Å². The zero-order valence-corrected chi connectivity index (χ0v) is 13.1. The fraction of sp³-hybridized carbons (Fsp3) is 0.500. The Labute approximate surface area is 128 Å². The zero-order valence-electron chi connectivity index (χ0n) is 10.7. The Morgan fingerprint density at radius 1 is 1.32 bits per heavy atom. The number of benzene rings is 1. The lowest BCUT2D eigenvalue weighted by Gasteiger charge is -2.23. The Morgan fingerprint density at radius 3 is 2.79 bits per heavy atom. The van der Waals surface area contributed by atoms with Gasteiger partial charge in [-0.25, -0.2) is 0 Å². The van der Waals surface area contributed by atoms with Crippen molar-refractivity contribution in [3.05, 3.63) is 34.3 Å². The van der Waals surface area contributed by atoms with Crippen molar-refractivity contribution in [2.24, 2.45) is 5.41 Å². The van der Waals surface area contributed by atoms with Gasteiger partial charge in [0.25, 0.3) is 5.91 Å². The second-order valence-electron chi connectivity index (χ2n) is 5.38. The van der Waals surface area contributed by atoms with E-state index in [9.17, 15) is 4.79 Å². The van der Waals surface area contributed by atoms with Gasteiger partial charge in [-0.15, -0.1) is 12.4 Å². The molecule has 3 nitrogen and oxygen atoms in total. The highest BCUT2D eigenvalue weighted by Crippen LogP contribution is 2.36. The van der Waals surface area contributed by atoms with Gasteiger partial charge in [0, 0.05) is 29.5 Å². The number of amides is 1. The molecule has 1 aromatic rings. The minimum Gasteiger partial charge on any atom is -0.338 e. The van der Waals surface area contributed by atoms with Crippen molar-refractivity contribution in [1.82, 2.24) is 10.2 Å². The molecule has 3 rings (SSSR count). The summed E-state index contributed by atoms with van der Waals surface area (Å²) < 4.78 is 0.889. The molecule has 1 atom stereocenters. The van der Waals surface area contributed by atoms with E-state index < -0.39 is 0 Å². The van der Waals surface area contributed by atoms with E-state index in [0.717, 1.165) is 42.6 Å². The van der Waals surface area contributed by atoms with Crippen LogP contribution in [0.3, 0.4) is 0 Å². The topological polar surface area (TPSA) is 32.3 Å². The highest BCUT2D eigenvalue weighted by atomic mass is 79.9. The number of carbonyl (C=O) groups is 1. The number of hydrogen-bond acceptors (Lipinski definition) is 2. The van der Waals surface area contributed by atoms with Gasteiger partial charge in [-0.1, -0.05) is 12.1 Å². The molecule has 19 heavy (non-hydrogen) atoms. The molecule has 0 saturated carbocycles. The Kier molecular flexibility index (Phi) is 4.54. The third-order valence-electron chi connectivity index (χ3n) is 4.16. The third-order valence-corrected chi connectivity index (χ3v) is 4.85. The molecule has 2 aliphatic rings. The molecule has 2 saturated heterocycles. The van der Waals surface area contributed by atoms with Crippen LogP contribution in [0.5, 0.6) is 0 Å². The number of hydrogen-bond donors (Lipinski definition) is 1. The van der Waals surface area contributed by atoms with Crippen molar-refractivity contribution in [2.45, 2.75) is 12.8 Å². The minimum atomic E-state index is 0. The van der Waals surface area contributed by atoms with Crippen LogP contribution in [0.25, 0.3) is 0 Å². The lowest BCUT2D eigenvalue weighted by atomic mass is 9.86. The van der Waals surface area contributed by atoms with Crippen molar-refractivity contribution in [3.8, 4) is 0 Å². The summed E-state index contributed by atoms with van der Waals surface area (Å²) >= 11 is 3.46. The van der Waals surface area contributed by atoms with Crippen LogP contribution >= 0.6 is 28.3 Å². The highest BCUT2D eigenvalue weighted by molar-refractivity contribution is 9.10. The molecule has 0 radical (unpaired) electrons. The van der Waals surface area contributed by atoms with E-state index in [0.29, 0.717) is 5.41 Å². The van der Waals surface area contributed by atoms with Crippen LogP contribution in [-0.2, 0) is 0 Å². The van der Waals surface area contributed by atoms with Crippen LogP contribution < -0.4 is 5.32 Å². The van der Waals surface area contributed by atoms with Crippen molar-refractivity contribution in [3.63, 3.8) is 0 Å². The van der Waals surface area contributed by atoms with Gasteiger partial charge in [-0.3, -0.25) is 4.79 Å². The first-order valence-electron chi connectivity index (χ1n) is 6.45. The average Bonchev–Trinajstić information content (AvgIpc) is 3.00. The summed E-state index contributed by atoms with van der Waals surface area (Å²) in [6.45, 7) is 3.95. The summed E-state index contributed by atoms with van der Waals surface area (Å²) in [6.07, 6.45) is 2.34. The van der Waals surface area contributed by atoms with Crippen molar-refractivity contribution < 1.29 is 4.79 Å². The van der Waals surface area contributed by atoms with Crippen LogP contribution in [0.2, 0.25) is 0 Å². The minimum absolute atomic E-state index is 0. The molecular weight excluding hydrogens is 328 g/mol. The smallest absolute Gasteiger partial charge is 0.255 e. The van der Waals surface area contributed by atoms with Gasteiger partial charge in [0.1, 0.15) is 0 Å². The van der Waals surface area contributed by atoms with Crippen molar-refractivity contribution in [2.75, 3.05) is 26.2 Å². The number of halogens is 2. The monoisotopic (exact) mass is 344 g/mol. The number of carbonyl (C=O) groups excluding carboxylic acids is 1. The maximum atomic E-state index is 12.5. The molecule has 2 heterocycles. The van der Waals surface area contributed by atoms with Crippen LogP contribution in [0.15, 0.2) is 28.7 Å². The van der Waals surface area contributed by atoms with Crippen molar-refractivity contribution >= 4 is 34.2 Å². The number of likely N-dealkylation sites (tertiary alicyclic amines) is 1. The lowest BCUT2D eigenvalue weighted by Crippen LogP contribution is -2.33. The Hall–Kier alpha value is -0.580. The van der Waals surface area contributed by atoms with E-state index in [1.54, 1.807) is 0 Å². The molecule has 1 aromatic carbocycles. The second-order valence-corrected chi connectivity index (χ2v) is 6.24. The van der Waals surface area contributed by atoms with Gasteiger partial charge in [0.05, 0.1) is 5.56 Å². The largest absolute Gasteiger partial charge is 0.338 e. The molecule has 5 heteroatoms. The first-order valence-corrected chi connectivity index (χ1v) is 7.24. The van der Waals surface area contributed by atoms with E-state index in [-0.39, 0.29) is 18.3 Å². The van der Waals surface area contributed by atoms with E-state index >= 15 is 0 Å².